The number of nitrogens with zero attached hydrogens (tertiary/aromatic N) is 1. The molecular weight excluding hydrogens is 494 g/mol. The molecule has 0 spiro atoms. The Morgan fingerprint density at radius 2 is 1.89 bits per heavy atom. The monoisotopic (exact) mass is 517 g/mol. The average Bonchev–Trinajstić information content (AvgIpc) is 3.26. The van der Waals surface area contributed by atoms with Crippen LogP contribution in [0.1, 0.15) is 31.1 Å². The second kappa shape index (κ2) is 12.3. The van der Waals surface area contributed by atoms with Crippen LogP contribution in [0.2, 0.25) is 5.02 Å². The molecule has 1 heterocycles. The van der Waals surface area contributed by atoms with Gasteiger partial charge in [0.05, 0.1) is 0 Å². The van der Waals surface area contributed by atoms with Crippen LogP contribution >= 0.6 is 23.4 Å². The molecule has 1 aromatic heterocycles. The molecule has 0 aliphatic rings. The number of benzene rings is 2. The Bertz CT molecular complexity index is 1180. The highest BCUT2D eigenvalue weighted by molar-refractivity contribution is 7.98. The van der Waals surface area contributed by atoms with Gasteiger partial charge in [0.1, 0.15) is 29.8 Å². The van der Waals surface area contributed by atoms with Crippen molar-refractivity contribution in [3.05, 3.63) is 70.9 Å². The van der Waals surface area contributed by atoms with E-state index in [1.807, 2.05) is 30.3 Å². The van der Waals surface area contributed by atoms with Gasteiger partial charge in [0.2, 0.25) is 5.91 Å². The predicted molar refractivity (Wildman–Crippen MR) is 133 cm³/mol. The summed E-state index contributed by atoms with van der Waals surface area (Å²) in [6.07, 6.45) is 0.0754. The minimum Gasteiger partial charge on any atom is -0.480 e. The van der Waals surface area contributed by atoms with Gasteiger partial charge in [-0.2, -0.15) is 11.8 Å². The Hall–Kier alpha value is -3.50. The van der Waals surface area contributed by atoms with Crippen LogP contribution in [0.15, 0.2) is 59.3 Å². The van der Waals surface area contributed by atoms with E-state index in [1.54, 1.807) is 25.1 Å². The van der Waals surface area contributed by atoms with Gasteiger partial charge in [-0.05, 0) is 18.6 Å². The normalized spacial score (nSPS) is 12.4. The SMILES string of the molecule is CC(=O)NC(CSCc1ccc(-c2nocc2NC(=O)OC(C)c2ccccc2Cl)cc1)C(=O)O. The minimum atomic E-state index is -1.08. The third-order valence-electron chi connectivity index (χ3n) is 4.89. The predicted octanol–water partition coefficient (Wildman–Crippen LogP) is 5.13. The second-order valence-electron chi connectivity index (χ2n) is 7.57. The molecule has 0 fully saturated rings. The number of hydrogen-bond acceptors (Lipinski definition) is 7. The first kappa shape index (κ1) is 26.1. The molecule has 9 nitrogen and oxygen atoms in total. The molecule has 0 saturated heterocycles. The minimum absolute atomic E-state index is 0.239. The number of hydrogen-bond donors (Lipinski definition) is 3. The zero-order valence-corrected chi connectivity index (χ0v) is 20.6. The van der Waals surface area contributed by atoms with E-state index in [4.69, 9.17) is 20.9 Å². The molecule has 0 aliphatic carbocycles. The van der Waals surface area contributed by atoms with Crippen LogP contribution in [0.4, 0.5) is 10.5 Å². The maximum atomic E-state index is 12.4. The molecule has 3 N–H and O–H groups in total. The Balaban J connectivity index is 1.57. The van der Waals surface area contributed by atoms with Crippen molar-refractivity contribution in [2.75, 3.05) is 11.1 Å². The maximum Gasteiger partial charge on any atom is 0.412 e. The van der Waals surface area contributed by atoms with Gasteiger partial charge in [0.25, 0.3) is 0 Å². The summed E-state index contributed by atoms with van der Waals surface area (Å²) in [6, 6.07) is 13.5. The van der Waals surface area contributed by atoms with Gasteiger partial charge in [0, 0.05) is 34.6 Å². The largest absolute Gasteiger partial charge is 0.480 e. The average molecular weight is 518 g/mol. The number of carboxylic acids is 1. The van der Waals surface area contributed by atoms with Crippen molar-refractivity contribution in [1.29, 1.82) is 0 Å². The highest BCUT2D eigenvalue weighted by atomic mass is 35.5. The number of carbonyl (C=O) groups is 3. The molecule has 3 rings (SSSR count). The van der Waals surface area contributed by atoms with Crippen molar-refractivity contribution in [3.8, 4) is 11.3 Å². The Morgan fingerprint density at radius 3 is 2.54 bits per heavy atom. The summed E-state index contributed by atoms with van der Waals surface area (Å²) in [7, 11) is 0. The maximum absolute atomic E-state index is 12.4. The smallest absolute Gasteiger partial charge is 0.412 e. The Morgan fingerprint density at radius 1 is 1.17 bits per heavy atom. The van der Waals surface area contributed by atoms with Gasteiger partial charge in [-0.1, -0.05) is 59.2 Å². The van der Waals surface area contributed by atoms with Crippen LogP contribution in [-0.4, -0.2) is 40.0 Å². The van der Waals surface area contributed by atoms with Crippen LogP contribution in [0.25, 0.3) is 11.3 Å². The third kappa shape index (κ3) is 7.49. The number of carbonyl (C=O) groups excluding carboxylic acids is 2. The number of halogens is 1. The van der Waals surface area contributed by atoms with Crippen LogP contribution in [0.5, 0.6) is 0 Å². The van der Waals surface area contributed by atoms with E-state index in [1.165, 1.54) is 24.9 Å². The first-order valence-electron chi connectivity index (χ1n) is 10.6. The number of ether oxygens (including phenoxy) is 1. The van der Waals surface area contributed by atoms with Gasteiger partial charge in [-0.15, -0.1) is 0 Å². The van der Waals surface area contributed by atoms with Crippen molar-refractivity contribution in [2.45, 2.75) is 31.7 Å². The van der Waals surface area contributed by atoms with E-state index < -0.39 is 24.2 Å². The van der Waals surface area contributed by atoms with E-state index in [2.05, 4.69) is 15.8 Å². The summed E-state index contributed by atoms with van der Waals surface area (Å²) < 4.78 is 10.5. The first-order valence-corrected chi connectivity index (χ1v) is 12.1. The summed E-state index contributed by atoms with van der Waals surface area (Å²) in [6.45, 7) is 3.01. The number of rotatable bonds is 10. The molecule has 35 heavy (non-hydrogen) atoms. The van der Waals surface area contributed by atoms with Gasteiger partial charge >= 0.3 is 12.1 Å². The second-order valence-corrected chi connectivity index (χ2v) is 9.01. The molecular formula is C24H24ClN3O6S. The summed E-state index contributed by atoms with van der Waals surface area (Å²) in [5, 5.41) is 18.7. The lowest BCUT2D eigenvalue weighted by Gasteiger charge is -2.15. The van der Waals surface area contributed by atoms with Crippen molar-refractivity contribution in [3.63, 3.8) is 0 Å². The summed E-state index contributed by atoms with van der Waals surface area (Å²) >= 11 is 7.55. The van der Waals surface area contributed by atoms with E-state index >= 15 is 0 Å². The summed E-state index contributed by atoms with van der Waals surface area (Å²) in [4.78, 5) is 34.8. The summed E-state index contributed by atoms with van der Waals surface area (Å²) in [5.41, 5.74) is 3.14. The van der Waals surface area contributed by atoms with Crippen molar-refractivity contribution in [1.82, 2.24) is 10.5 Å². The van der Waals surface area contributed by atoms with Crippen LogP contribution < -0.4 is 10.6 Å². The lowest BCUT2D eigenvalue weighted by molar-refractivity contribution is -0.140. The van der Waals surface area contributed by atoms with Gasteiger partial charge in [0.15, 0.2) is 0 Å². The third-order valence-corrected chi connectivity index (χ3v) is 6.34. The molecule has 11 heteroatoms. The molecule has 2 atom stereocenters. The lowest BCUT2D eigenvalue weighted by atomic mass is 10.1. The number of nitrogens with one attached hydrogen (secondary N) is 2. The standard InChI is InChI=1S/C24H24ClN3O6S/c1-14(18-5-3-4-6-19(18)25)34-24(32)27-20-11-33-28-22(20)17-9-7-16(8-10-17)12-35-13-21(23(30)31)26-15(2)29/h3-11,14,21H,12-13H2,1-2H3,(H,26,29)(H,27,32)(H,30,31). The first-order chi connectivity index (χ1) is 16.7. The number of amides is 2. The van der Waals surface area contributed by atoms with E-state index in [9.17, 15) is 19.5 Å². The summed E-state index contributed by atoms with van der Waals surface area (Å²) in [5.74, 6) is -0.668. The molecule has 184 valence electrons. The molecule has 3 aromatic rings. The van der Waals surface area contributed by atoms with E-state index in [0.29, 0.717) is 33.3 Å². The topological polar surface area (TPSA) is 131 Å². The zero-order valence-electron chi connectivity index (χ0n) is 19.0. The van der Waals surface area contributed by atoms with Gasteiger partial charge in [-0.3, -0.25) is 10.1 Å². The molecule has 2 unspecified atom stereocenters. The molecule has 0 saturated carbocycles. The number of carboxylic acid groups (broad SMARTS) is 1. The number of aliphatic carboxylic acids is 1. The fourth-order valence-electron chi connectivity index (χ4n) is 3.18. The van der Waals surface area contributed by atoms with Crippen molar-refractivity contribution >= 4 is 47.0 Å². The van der Waals surface area contributed by atoms with Crippen molar-refractivity contribution in [2.24, 2.45) is 0 Å². The Labute approximate surface area is 211 Å². The van der Waals surface area contributed by atoms with Crippen LogP contribution in [0, 0.1) is 0 Å². The Kier molecular flexibility index (Phi) is 9.16. The van der Waals surface area contributed by atoms with E-state index in [0.717, 1.165) is 5.56 Å². The molecule has 0 aliphatic heterocycles. The lowest BCUT2D eigenvalue weighted by Crippen LogP contribution is -2.41. The highest BCUT2D eigenvalue weighted by Gasteiger charge is 2.19. The molecule has 0 radical (unpaired) electrons. The highest BCUT2D eigenvalue weighted by Crippen LogP contribution is 2.29. The van der Waals surface area contributed by atoms with Crippen LogP contribution in [-0.2, 0) is 20.1 Å². The molecule has 2 amide bonds. The molecule has 0 bridgehead atoms. The zero-order chi connectivity index (χ0) is 25.4. The number of thioether (sulfide) groups is 1. The van der Waals surface area contributed by atoms with Gasteiger partial charge < -0.3 is 19.7 Å². The van der Waals surface area contributed by atoms with Gasteiger partial charge in [-0.25, -0.2) is 9.59 Å². The fraction of sp³-hybridized carbons (Fsp3) is 0.250. The fourth-order valence-corrected chi connectivity index (χ4v) is 4.47. The quantitative estimate of drug-likeness (QED) is 0.337. The molecule has 2 aromatic carbocycles. The number of aromatic nitrogens is 1. The number of anilines is 1. The van der Waals surface area contributed by atoms with E-state index in [-0.39, 0.29) is 11.7 Å². The van der Waals surface area contributed by atoms with Crippen LogP contribution in [0.3, 0.4) is 0 Å². The van der Waals surface area contributed by atoms with Crippen molar-refractivity contribution < 1.29 is 28.8 Å².